The molecular weight excluding hydrogens is 289 g/mol. The zero-order chi connectivity index (χ0) is 15.8. The van der Waals surface area contributed by atoms with Crippen molar-refractivity contribution in [2.24, 2.45) is 5.73 Å². The van der Waals surface area contributed by atoms with E-state index in [0.717, 1.165) is 24.3 Å². The van der Waals surface area contributed by atoms with Crippen molar-refractivity contribution in [1.29, 1.82) is 0 Å². The minimum absolute atomic E-state index is 0.0549. The molecule has 0 aliphatic heterocycles. The first-order valence-electron chi connectivity index (χ1n) is 6.04. The van der Waals surface area contributed by atoms with Crippen LogP contribution in [-0.4, -0.2) is 0 Å². The van der Waals surface area contributed by atoms with Crippen LogP contribution in [0.25, 0.3) is 0 Å². The summed E-state index contributed by atoms with van der Waals surface area (Å²) in [6, 6.07) is 7.06. The average Bonchev–Trinajstić information content (AvgIpc) is 2.36. The maximum absolute atomic E-state index is 13.3. The number of alkyl halides is 3. The number of hydrogen-bond donors (Lipinski definition) is 1. The van der Waals surface area contributed by atoms with Gasteiger partial charge in [-0.1, -0.05) is 12.1 Å². The van der Waals surface area contributed by atoms with Gasteiger partial charge in [0.1, 0.15) is 11.6 Å². The van der Waals surface area contributed by atoms with E-state index in [9.17, 15) is 22.0 Å². The van der Waals surface area contributed by atoms with Crippen LogP contribution in [0.15, 0.2) is 42.5 Å². The second kappa shape index (κ2) is 5.11. The lowest BCUT2D eigenvalue weighted by atomic mass is 9.85. The molecule has 0 aliphatic carbocycles. The summed E-state index contributed by atoms with van der Waals surface area (Å²) >= 11 is 0. The molecular formula is C15H12F5N. The molecule has 0 fully saturated rings. The van der Waals surface area contributed by atoms with Crippen LogP contribution < -0.4 is 5.73 Å². The number of halogens is 5. The van der Waals surface area contributed by atoms with Crippen LogP contribution in [-0.2, 0) is 11.7 Å². The van der Waals surface area contributed by atoms with Crippen molar-refractivity contribution in [1.82, 2.24) is 0 Å². The molecule has 2 rings (SSSR count). The fourth-order valence-electron chi connectivity index (χ4n) is 2.04. The fraction of sp³-hybridized carbons (Fsp3) is 0.200. The van der Waals surface area contributed by atoms with Gasteiger partial charge in [0.15, 0.2) is 0 Å². The summed E-state index contributed by atoms with van der Waals surface area (Å²) in [6.07, 6.45) is -4.51. The Morgan fingerprint density at radius 3 is 1.86 bits per heavy atom. The Labute approximate surface area is 118 Å². The van der Waals surface area contributed by atoms with E-state index in [1.807, 2.05) is 0 Å². The van der Waals surface area contributed by atoms with Crippen molar-refractivity contribution in [2.75, 3.05) is 0 Å². The summed E-state index contributed by atoms with van der Waals surface area (Å²) in [7, 11) is 0. The highest BCUT2D eigenvalue weighted by Gasteiger charge is 2.33. The van der Waals surface area contributed by atoms with Gasteiger partial charge >= 0.3 is 6.18 Å². The van der Waals surface area contributed by atoms with Crippen molar-refractivity contribution in [3.8, 4) is 0 Å². The zero-order valence-corrected chi connectivity index (χ0v) is 11.0. The summed E-state index contributed by atoms with van der Waals surface area (Å²) in [5.74, 6) is -1.68. The standard InChI is InChI=1S/C15H12F5N/c1-14(21,11-6-12(16)8-13(17)7-11)9-3-2-4-10(5-9)15(18,19)20/h2-8H,21H2,1H3. The Morgan fingerprint density at radius 1 is 0.810 bits per heavy atom. The molecule has 0 spiro atoms. The lowest BCUT2D eigenvalue weighted by Gasteiger charge is -2.27. The molecule has 1 nitrogen and oxygen atoms in total. The molecule has 2 aromatic carbocycles. The van der Waals surface area contributed by atoms with Gasteiger partial charge in [0.2, 0.25) is 0 Å². The molecule has 0 bridgehead atoms. The number of rotatable bonds is 2. The highest BCUT2D eigenvalue weighted by Crippen LogP contribution is 2.34. The second-order valence-corrected chi connectivity index (χ2v) is 4.94. The minimum Gasteiger partial charge on any atom is -0.318 e. The van der Waals surface area contributed by atoms with Crippen LogP contribution in [0.4, 0.5) is 22.0 Å². The SMILES string of the molecule is CC(N)(c1cc(F)cc(F)c1)c1cccc(C(F)(F)F)c1. The first kappa shape index (κ1) is 15.4. The van der Waals surface area contributed by atoms with E-state index in [1.165, 1.54) is 19.1 Å². The molecule has 2 aromatic rings. The van der Waals surface area contributed by atoms with Crippen LogP contribution >= 0.6 is 0 Å². The van der Waals surface area contributed by atoms with Gasteiger partial charge in [0, 0.05) is 6.07 Å². The molecule has 21 heavy (non-hydrogen) atoms. The van der Waals surface area contributed by atoms with Gasteiger partial charge in [-0.3, -0.25) is 0 Å². The molecule has 1 atom stereocenters. The van der Waals surface area contributed by atoms with Crippen molar-refractivity contribution < 1.29 is 22.0 Å². The van der Waals surface area contributed by atoms with E-state index in [2.05, 4.69) is 0 Å². The normalized spacial score (nSPS) is 14.8. The Bertz CT molecular complexity index is 641. The monoisotopic (exact) mass is 301 g/mol. The second-order valence-electron chi connectivity index (χ2n) is 4.94. The smallest absolute Gasteiger partial charge is 0.318 e. The Morgan fingerprint density at radius 2 is 1.33 bits per heavy atom. The number of nitrogens with two attached hydrogens (primary N) is 1. The summed E-state index contributed by atoms with van der Waals surface area (Å²) in [5.41, 5.74) is 3.86. The molecule has 0 saturated heterocycles. The minimum atomic E-state index is -4.51. The van der Waals surface area contributed by atoms with Gasteiger partial charge in [0.25, 0.3) is 0 Å². The molecule has 112 valence electrons. The van der Waals surface area contributed by atoms with Crippen LogP contribution in [0, 0.1) is 11.6 Å². The van der Waals surface area contributed by atoms with Crippen molar-refractivity contribution in [2.45, 2.75) is 18.6 Å². The highest BCUT2D eigenvalue weighted by molar-refractivity contribution is 5.39. The largest absolute Gasteiger partial charge is 0.416 e. The van der Waals surface area contributed by atoms with E-state index in [1.54, 1.807) is 0 Å². The van der Waals surface area contributed by atoms with Crippen LogP contribution in [0.2, 0.25) is 0 Å². The first-order chi connectivity index (χ1) is 9.60. The van der Waals surface area contributed by atoms with E-state index >= 15 is 0 Å². The highest BCUT2D eigenvalue weighted by atomic mass is 19.4. The van der Waals surface area contributed by atoms with Gasteiger partial charge in [-0.25, -0.2) is 8.78 Å². The Hall–Kier alpha value is -1.95. The molecule has 0 aliphatic rings. The third kappa shape index (κ3) is 3.21. The lowest BCUT2D eigenvalue weighted by Crippen LogP contribution is -2.34. The van der Waals surface area contributed by atoms with Crippen LogP contribution in [0.3, 0.4) is 0 Å². The van der Waals surface area contributed by atoms with Gasteiger partial charge in [0.05, 0.1) is 11.1 Å². The van der Waals surface area contributed by atoms with E-state index in [4.69, 9.17) is 5.73 Å². The summed E-state index contributed by atoms with van der Waals surface area (Å²) in [6.45, 7) is 1.40. The summed E-state index contributed by atoms with van der Waals surface area (Å²) < 4.78 is 64.7. The topological polar surface area (TPSA) is 26.0 Å². The summed E-state index contributed by atoms with van der Waals surface area (Å²) in [4.78, 5) is 0. The quantitative estimate of drug-likeness (QED) is 0.826. The van der Waals surface area contributed by atoms with Crippen molar-refractivity contribution in [3.05, 3.63) is 70.8 Å². The van der Waals surface area contributed by atoms with E-state index in [-0.39, 0.29) is 11.1 Å². The first-order valence-corrected chi connectivity index (χ1v) is 6.04. The fourth-order valence-corrected chi connectivity index (χ4v) is 2.04. The molecule has 0 heterocycles. The zero-order valence-electron chi connectivity index (χ0n) is 11.0. The molecule has 1 unspecified atom stereocenters. The third-order valence-electron chi connectivity index (χ3n) is 3.25. The number of hydrogen-bond acceptors (Lipinski definition) is 1. The molecule has 0 amide bonds. The Kier molecular flexibility index (Phi) is 3.76. The molecule has 0 saturated carbocycles. The third-order valence-corrected chi connectivity index (χ3v) is 3.25. The maximum atomic E-state index is 13.3. The Balaban J connectivity index is 2.53. The molecule has 2 N–H and O–H groups in total. The predicted molar refractivity (Wildman–Crippen MR) is 68.4 cm³/mol. The van der Waals surface area contributed by atoms with Gasteiger partial charge in [-0.2, -0.15) is 13.2 Å². The van der Waals surface area contributed by atoms with Gasteiger partial charge in [-0.15, -0.1) is 0 Å². The van der Waals surface area contributed by atoms with Gasteiger partial charge in [-0.05, 0) is 42.3 Å². The van der Waals surface area contributed by atoms with Gasteiger partial charge < -0.3 is 5.73 Å². The number of benzene rings is 2. The van der Waals surface area contributed by atoms with Crippen LogP contribution in [0.1, 0.15) is 23.6 Å². The molecule has 0 aromatic heterocycles. The predicted octanol–water partition coefficient (Wildman–Crippen LogP) is 4.21. The average molecular weight is 301 g/mol. The molecule has 6 heteroatoms. The van der Waals surface area contributed by atoms with Crippen molar-refractivity contribution >= 4 is 0 Å². The van der Waals surface area contributed by atoms with Crippen LogP contribution in [0.5, 0.6) is 0 Å². The van der Waals surface area contributed by atoms with E-state index < -0.39 is 28.9 Å². The lowest BCUT2D eigenvalue weighted by molar-refractivity contribution is -0.137. The molecule has 0 radical (unpaired) electrons. The van der Waals surface area contributed by atoms with Crippen molar-refractivity contribution in [3.63, 3.8) is 0 Å². The maximum Gasteiger partial charge on any atom is 0.416 e. The summed E-state index contributed by atoms with van der Waals surface area (Å²) in [5, 5.41) is 0. The van der Waals surface area contributed by atoms with E-state index in [0.29, 0.717) is 6.07 Å².